The van der Waals surface area contributed by atoms with Crippen molar-refractivity contribution in [3.63, 3.8) is 0 Å². The Hall–Kier alpha value is -0.0800. The molecule has 2 nitrogen and oxygen atoms in total. The first-order valence-corrected chi connectivity index (χ1v) is 7.64. The molecule has 3 aliphatic carbocycles. The van der Waals surface area contributed by atoms with E-state index in [1.165, 1.54) is 64.3 Å². The SMILES string of the molecule is OCC1CC(NCCC2(CC3CCC3)CC2)C1. The van der Waals surface area contributed by atoms with E-state index in [9.17, 15) is 0 Å². The minimum absolute atomic E-state index is 0.393. The minimum atomic E-state index is 0.393. The van der Waals surface area contributed by atoms with Crippen LogP contribution in [0.5, 0.6) is 0 Å². The predicted molar refractivity (Wildman–Crippen MR) is 69.8 cm³/mol. The molecule has 0 heterocycles. The molecular formula is C15H27NO. The summed E-state index contributed by atoms with van der Waals surface area (Å²) >= 11 is 0. The highest BCUT2D eigenvalue weighted by molar-refractivity contribution is 4.96. The molecule has 0 aromatic carbocycles. The molecule has 0 aliphatic heterocycles. The van der Waals surface area contributed by atoms with Crippen molar-refractivity contribution in [2.24, 2.45) is 17.3 Å². The molecule has 0 atom stereocenters. The van der Waals surface area contributed by atoms with E-state index in [1.807, 2.05) is 0 Å². The normalized spacial score (nSPS) is 35.1. The molecule has 0 radical (unpaired) electrons. The third-order valence-electron chi connectivity index (χ3n) is 5.49. The molecule has 98 valence electrons. The van der Waals surface area contributed by atoms with Gasteiger partial charge in [-0.3, -0.25) is 0 Å². The van der Waals surface area contributed by atoms with Gasteiger partial charge in [0.1, 0.15) is 0 Å². The molecule has 2 heteroatoms. The maximum absolute atomic E-state index is 8.97. The van der Waals surface area contributed by atoms with Crippen molar-refractivity contribution in [2.75, 3.05) is 13.2 Å². The molecule has 3 saturated carbocycles. The van der Waals surface area contributed by atoms with Crippen LogP contribution in [-0.4, -0.2) is 24.3 Å². The summed E-state index contributed by atoms with van der Waals surface area (Å²) in [6.07, 6.45) is 12.8. The number of aliphatic hydroxyl groups is 1. The summed E-state index contributed by atoms with van der Waals surface area (Å²) in [7, 11) is 0. The minimum Gasteiger partial charge on any atom is -0.396 e. The van der Waals surface area contributed by atoms with Gasteiger partial charge in [0.05, 0.1) is 0 Å². The molecule has 0 aromatic heterocycles. The lowest BCUT2D eigenvalue weighted by Gasteiger charge is -2.35. The maximum atomic E-state index is 8.97. The Morgan fingerprint density at radius 3 is 2.41 bits per heavy atom. The van der Waals surface area contributed by atoms with Crippen molar-refractivity contribution >= 4 is 0 Å². The maximum Gasteiger partial charge on any atom is 0.0460 e. The monoisotopic (exact) mass is 237 g/mol. The fraction of sp³-hybridized carbons (Fsp3) is 1.00. The van der Waals surface area contributed by atoms with Crippen LogP contribution >= 0.6 is 0 Å². The summed E-state index contributed by atoms with van der Waals surface area (Å²) in [4.78, 5) is 0. The van der Waals surface area contributed by atoms with Crippen LogP contribution in [0.3, 0.4) is 0 Å². The van der Waals surface area contributed by atoms with Crippen molar-refractivity contribution in [2.45, 2.75) is 63.8 Å². The second-order valence-corrected chi connectivity index (χ2v) is 6.92. The van der Waals surface area contributed by atoms with Crippen LogP contribution in [0.25, 0.3) is 0 Å². The second kappa shape index (κ2) is 4.89. The average Bonchev–Trinajstić information content (AvgIpc) is 2.96. The number of hydrogen-bond acceptors (Lipinski definition) is 2. The zero-order valence-electron chi connectivity index (χ0n) is 11.0. The Bertz CT molecular complexity index is 252. The molecule has 17 heavy (non-hydrogen) atoms. The van der Waals surface area contributed by atoms with E-state index in [4.69, 9.17) is 5.11 Å². The Balaban J connectivity index is 1.29. The molecule has 0 saturated heterocycles. The zero-order valence-corrected chi connectivity index (χ0v) is 11.0. The quantitative estimate of drug-likeness (QED) is 0.713. The summed E-state index contributed by atoms with van der Waals surface area (Å²) in [5.74, 6) is 1.68. The Kier molecular flexibility index (Phi) is 3.45. The average molecular weight is 237 g/mol. The van der Waals surface area contributed by atoms with E-state index >= 15 is 0 Å². The van der Waals surface area contributed by atoms with E-state index in [1.54, 1.807) is 0 Å². The highest BCUT2D eigenvalue weighted by atomic mass is 16.3. The van der Waals surface area contributed by atoms with E-state index in [0.29, 0.717) is 18.6 Å². The van der Waals surface area contributed by atoms with Crippen molar-refractivity contribution in [1.82, 2.24) is 5.32 Å². The Morgan fingerprint density at radius 2 is 1.88 bits per heavy atom. The zero-order chi connectivity index (χ0) is 11.7. The molecule has 0 aromatic rings. The Labute approximate surface area is 105 Å². The molecular weight excluding hydrogens is 210 g/mol. The van der Waals surface area contributed by atoms with Gasteiger partial charge in [0.15, 0.2) is 0 Å². The molecule has 0 spiro atoms. The van der Waals surface area contributed by atoms with Crippen LogP contribution < -0.4 is 5.32 Å². The first-order valence-electron chi connectivity index (χ1n) is 7.64. The lowest BCUT2D eigenvalue weighted by Crippen LogP contribution is -2.43. The number of rotatable bonds is 7. The van der Waals surface area contributed by atoms with Gasteiger partial charge in [0, 0.05) is 12.6 Å². The fourth-order valence-corrected chi connectivity index (χ4v) is 3.64. The summed E-state index contributed by atoms with van der Waals surface area (Å²) in [6, 6.07) is 0.714. The van der Waals surface area contributed by atoms with Crippen molar-refractivity contribution in [1.29, 1.82) is 0 Å². The molecule has 3 aliphatic rings. The van der Waals surface area contributed by atoms with Gasteiger partial charge in [-0.05, 0) is 62.3 Å². The van der Waals surface area contributed by atoms with Gasteiger partial charge in [-0.2, -0.15) is 0 Å². The summed E-state index contributed by atoms with van der Waals surface area (Å²) in [5.41, 5.74) is 0.762. The Morgan fingerprint density at radius 1 is 1.12 bits per heavy atom. The first-order chi connectivity index (χ1) is 8.30. The van der Waals surface area contributed by atoms with Gasteiger partial charge < -0.3 is 10.4 Å². The lowest BCUT2D eigenvalue weighted by molar-refractivity contribution is 0.125. The third kappa shape index (κ3) is 2.85. The number of aliphatic hydroxyl groups excluding tert-OH is 1. The standard InChI is InChI=1S/C15H27NO/c17-11-13-8-14(9-13)16-7-6-15(4-5-15)10-12-2-1-3-12/h12-14,16-17H,1-11H2. The fourth-order valence-electron chi connectivity index (χ4n) is 3.64. The van der Waals surface area contributed by atoms with Crippen molar-refractivity contribution in [3.8, 4) is 0 Å². The molecule has 2 N–H and O–H groups in total. The van der Waals surface area contributed by atoms with E-state index in [2.05, 4.69) is 5.32 Å². The number of hydrogen-bond donors (Lipinski definition) is 2. The van der Waals surface area contributed by atoms with E-state index in [-0.39, 0.29) is 0 Å². The molecule has 0 unspecified atom stereocenters. The topological polar surface area (TPSA) is 32.3 Å². The van der Waals surface area contributed by atoms with Crippen LogP contribution in [0.2, 0.25) is 0 Å². The highest BCUT2D eigenvalue weighted by Crippen LogP contribution is 2.55. The third-order valence-corrected chi connectivity index (χ3v) is 5.49. The molecule has 3 fully saturated rings. The van der Waals surface area contributed by atoms with Gasteiger partial charge in [0.2, 0.25) is 0 Å². The second-order valence-electron chi connectivity index (χ2n) is 6.92. The lowest BCUT2D eigenvalue weighted by atomic mass is 9.76. The molecule has 0 bridgehead atoms. The van der Waals surface area contributed by atoms with Crippen LogP contribution in [0.4, 0.5) is 0 Å². The van der Waals surface area contributed by atoms with Crippen LogP contribution in [0.1, 0.15) is 57.8 Å². The highest BCUT2D eigenvalue weighted by Gasteiger charge is 2.44. The van der Waals surface area contributed by atoms with E-state index < -0.39 is 0 Å². The van der Waals surface area contributed by atoms with Crippen molar-refractivity contribution < 1.29 is 5.11 Å². The van der Waals surface area contributed by atoms with Gasteiger partial charge in [-0.1, -0.05) is 19.3 Å². The van der Waals surface area contributed by atoms with Gasteiger partial charge in [0.25, 0.3) is 0 Å². The summed E-state index contributed by atoms with van der Waals surface area (Å²) in [6.45, 7) is 1.61. The van der Waals surface area contributed by atoms with Gasteiger partial charge in [-0.15, -0.1) is 0 Å². The smallest absolute Gasteiger partial charge is 0.0460 e. The summed E-state index contributed by atoms with van der Waals surface area (Å²) < 4.78 is 0. The van der Waals surface area contributed by atoms with Gasteiger partial charge >= 0.3 is 0 Å². The summed E-state index contributed by atoms with van der Waals surface area (Å²) in [5, 5.41) is 12.7. The van der Waals surface area contributed by atoms with Gasteiger partial charge in [-0.25, -0.2) is 0 Å². The molecule has 3 rings (SSSR count). The van der Waals surface area contributed by atoms with Crippen LogP contribution in [0, 0.1) is 17.3 Å². The number of nitrogens with one attached hydrogen (secondary N) is 1. The first kappa shape index (κ1) is 12.0. The van der Waals surface area contributed by atoms with Crippen LogP contribution in [-0.2, 0) is 0 Å². The van der Waals surface area contributed by atoms with Crippen LogP contribution in [0.15, 0.2) is 0 Å². The molecule has 0 amide bonds. The van der Waals surface area contributed by atoms with Crippen molar-refractivity contribution in [3.05, 3.63) is 0 Å². The largest absolute Gasteiger partial charge is 0.396 e. The van der Waals surface area contributed by atoms with E-state index in [0.717, 1.165) is 11.3 Å². The predicted octanol–water partition coefficient (Wildman–Crippen LogP) is 2.71.